The molecule has 0 radical (unpaired) electrons. The van der Waals surface area contributed by atoms with E-state index in [2.05, 4.69) is 37.6 Å². The summed E-state index contributed by atoms with van der Waals surface area (Å²) in [6.07, 6.45) is 0. The Balaban J connectivity index is 1.32. The summed E-state index contributed by atoms with van der Waals surface area (Å²) < 4.78 is 21.9. The van der Waals surface area contributed by atoms with Crippen LogP contribution in [0.2, 0.25) is 0 Å². The molecule has 2 N–H and O–H groups in total. The van der Waals surface area contributed by atoms with Gasteiger partial charge in [-0.3, -0.25) is 5.32 Å². The van der Waals surface area contributed by atoms with Gasteiger partial charge < -0.3 is 29.2 Å². The molecule has 0 saturated carbocycles. The first-order chi connectivity index (χ1) is 19.0. The van der Waals surface area contributed by atoms with Crippen molar-refractivity contribution in [1.29, 1.82) is 0 Å². The first-order valence-corrected chi connectivity index (χ1v) is 13.0. The fraction of sp³-hybridized carbons (Fsp3) is 0.357. The SMILES string of the molecule is CCOC(=O)C1=C(C)NC(Nc2nc(C)c3cc4c(cc3n2)OCO4)=NC1c1ccc(N2CCOCC2)cc1. The number of nitrogens with one attached hydrogen (secondary N) is 2. The number of carbonyl (C=O) groups is 1. The van der Waals surface area contributed by atoms with Crippen molar-refractivity contribution in [2.45, 2.75) is 26.8 Å². The van der Waals surface area contributed by atoms with E-state index in [1.54, 1.807) is 6.92 Å². The number of nitrogens with zero attached hydrogens (tertiary/aromatic N) is 4. The molecule has 3 aliphatic rings. The zero-order chi connectivity index (χ0) is 26.9. The van der Waals surface area contributed by atoms with Crippen LogP contribution in [0.4, 0.5) is 11.6 Å². The molecule has 0 amide bonds. The molecule has 202 valence electrons. The standard InChI is InChI=1S/C28H30N6O5/c1-4-37-26(35)24-17(3)30-28(32-25(24)18-5-7-19(8-6-18)34-9-11-36-12-10-34)33-27-29-16(2)20-13-22-23(39-15-38-22)14-21(20)31-27/h5-8,13-14,25H,4,9-12,15H2,1-3H3,(H2,29,30,31,32,33). The number of rotatable bonds is 5. The van der Waals surface area contributed by atoms with Crippen LogP contribution in [0.25, 0.3) is 10.9 Å². The first-order valence-electron chi connectivity index (χ1n) is 13.0. The molecule has 0 spiro atoms. The van der Waals surface area contributed by atoms with Crippen molar-refractivity contribution in [1.82, 2.24) is 15.3 Å². The highest BCUT2D eigenvalue weighted by molar-refractivity contribution is 6.00. The number of fused-ring (bicyclic) bond motifs is 2. The number of benzene rings is 2. The molecule has 1 unspecified atom stereocenters. The molecular weight excluding hydrogens is 500 g/mol. The van der Waals surface area contributed by atoms with E-state index in [4.69, 9.17) is 23.9 Å². The van der Waals surface area contributed by atoms with Gasteiger partial charge in [0.1, 0.15) is 6.04 Å². The maximum atomic E-state index is 13.0. The Bertz CT molecular complexity index is 1480. The van der Waals surface area contributed by atoms with E-state index in [0.717, 1.165) is 40.9 Å². The largest absolute Gasteiger partial charge is 0.463 e. The molecule has 1 aromatic heterocycles. The number of hydrogen-bond acceptors (Lipinski definition) is 11. The Morgan fingerprint density at radius 3 is 2.59 bits per heavy atom. The third kappa shape index (κ3) is 4.92. The zero-order valence-corrected chi connectivity index (χ0v) is 22.1. The van der Waals surface area contributed by atoms with Crippen molar-refractivity contribution < 1.29 is 23.7 Å². The van der Waals surface area contributed by atoms with Crippen LogP contribution in [0.5, 0.6) is 11.5 Å². The number of hydrogen-bond donors (Lipinski definition) is 2. The molecule has 39 heavy (non-hydrogen) atoms. The van der Waals surface area contributed by atoms with Crippen LogP contribution in [-0.4, -0.2) is 61.6 Å². The van der Waals surface area contributed by atoms with Crippen molar-refractivity contribution in [2.24, 2.45) is 4.99 Å². The number of aryl methyl sites for hydroxylation is 1. The van der Waals surface area contributed by atoms with Crippen LogP contribution >= 0.6 is 0 Å². The van der Waals surface area contributed by atoms with E-state index in [1.165, 1.54) is 0 Å². The third-order valence-electron chi connectivity index (χ3n) is 6.93. The van der Waals surface area contributed by atoms with Gasteiger partial charge >= 0.3 is 5.97 Å². The number of anilines is 2. The summed E-state index contributed by atoms with van der Waals surface area (Å²) in [6, 6.07) is 11.3. The maximum absolute atomic E-state index is 13.0. The van der Waals surface area contributed by atoms with Gasteiger partial charge in [0.15, 0.2) is 11.5 Å². The second-order valence-corrected chi connectivity index (χ2v) is 9.44. The topological polar surface area (TPSA) is 119 Å². The lowest BCUT2D eigenvalue weighted by Crippen LogP contribution is -2.37. The van der Waals surface area contributed by atoms with E-state index in [1.807, 2.05) is 38.1 Å². The lowest BCUT2D eigenvalue weighted by molar-refractivity contribution is -0.138. The van der Waals surface area contributed by atoms with Crippen LogP contribution in [0, 0.1) is 6.92 Å². The third-order valence-corrected chi connectivity index (χ3v) is 6.93. The van der Waals surface area contributed by atoms with Crippen molar-refractivity contribution in [3.8, 4) is 11.5 Å². The second kappa shape index (κ2) is 10.4. The molecule has 11 nitrogen and oxygen atoms in total. The number of aliphatic imine (C=N–C) groups is 1. The quantitative estimate of drug-likeness (QED) is 0.475. The molecule has 0 bridgehead atoms. The molecule has 4 heterocycles. The number of allylic oxidation sites excluding steroid dienone is 1. The molecule has 6 rings (SSSR count). The lowest BCUT2D eigenvalue weighted by atomic mass is 9.96. The predicted molar refractivity (Wildman–Crippen MR) is 146 cm³/mol. The molecule has 0 aliphatic carbocycles. The number of esters is 1. The summed E-state index contributed by atoms with van der Waals surface area (Å²) in [4.78, 5) is 29.4. The van der Waals surface area contributed by atoms with E-state index in [0.29, 0.717) is 47.9 Å². The van der Waals surface area contributed by atoms with Gasteiger partial charge in [-0.15, -0.1) is 0 Å². The average molecular weight is 531 g/mol. The number of carbonyl (C=O) groups excluding carboxylic acids is 1. The Morgan fingerprint density at radius 1 is 1.10 bits per heavy atom. The van der Waals surface area contributed by atoms with Gasteiger partial charge in [-0.2, -0.15) is 0 Å². The van der Waals surface area contributed by atoms with Crippen LogP contribution < -0.4 is 25.0 Å². The fourth-order valence-electron chi connectivity index (χ4n) is 4.98. The van der Waals surface area contributed by atoms with Gasteiger partial charge in [0, 0.05) is 35.9 Å². The van der Waals surface area contributed by atoms with Gasteiger partial charge in [0.25, 0.3) is 0 Å². The van der Waals surface area contributed by atoms with Crippen molar-refractivity contribution in [2.75, 3.05) is 49.9 Å². The summed E-state index contributed by atoms with van der Waals surface area (Å²) in [5.41, 5.74) is 4.60. The summed E-state index contributed by atoms with van der Waals surface area (Å²) in [5, 5.41) is 7.28. The number of morpholine rings is 1. The van der Waals surface area contributed by atoms with E-state index >= 15 is 0 Å². The van der Waals surface area contributed by atoms with E-state index < -0.39 is 12.0 Å². The molecule has 1 saturated heterocycles. The Hall–Kier alpha value is -4.38. The summed E-state index contributed by atoms with van der Waals surface area (Å²) in [7, 11) is 0. The van der Waals surface area contributed by atoms with Crippen LogP contribution in [0.15, 0.2) is 52.7 Å². The molecule has 11 heteroatoms. The molecule has 2 aromatic carbocycles. The van der Waals surface area contributed by atoms with E-state index in [9.17, 15) is 4.79 Å². The summed E-state index contributed by atoms with van der Waals surface area (Å²) >= 11 is 0. The van der Waals surface area contributed by atoms with Gasteiger partial charge in [-0.25, -0.2) is 19.8 Å². The Morgan fingerprint density at radius 2 is 1.85 bits per heavy atom. The Kier molecular flexibility index (Phi) is 6.65. The molecule has 3 aliphatic heterocycles. The van der Waals surface area contributed by atoms with Crippen LogP contribution in [0.3, 0.4) is 0 Å². The van der Waals surface area contributed by atoms with Gasteiger partial charge in [-0.05, 0) is 44.5 Å². The maximum Gasteiger partial charge on any atom is 0.338 e. The van der Waals surface area contributed by atoms with E-state index in [-0.39, 0.29) is 13.4 Å². The fourth-order valence-corrected chi connectivity index (χ4v) is 4.98. The normalized spacial score (nSPS) is 18.6. The highest BCUT2D eigenvalue weighted by atomic mass is 16.7. The molecule has 1 atom stereocenters. The van der Waals surface area contributed by atoms with Crippen LogP contribution in [-0.2, 0) is 14.3 Å². The highest BCUT2D eigenvalue weighted by Crippen LogP contribution is 2.37. The highest BCUT2D eigenvalue weighted by Gasteiger charge is 2.31. The smallest absolute Gasteiger partial charge is 0.338 e. The summed E-state index contributed by atoms with van der Waals surface area (Å²) in [5.74, 6) is 1.74. The number of ether oxygens (including phenoxy) is 4. The van der Waals surface area contributed by atoms with Gasteiger partial charge in [-0.1, -0.05) is 12.1 Å². The van der Waals surface area contributed by atoms with Crippen LogP contribution in [0.1, 0.15) is 31.1 Å². The Labute approximate surface area is 225 Å². The number of guanidine groups is 1. The second-order valence-electron chi connectivity index (χ2n) is 9.44. The first kappa shape index (κ1) is 24.9. The van der Waals surface area contributed by atoms with Crippen molar-refractivity contribution in [3.05, 3.63) is 58.9 Å². The van der Waals surface area contributed by atoms with Crippen molar-refractivity contribution in [3.63, 3.8) is 0 Å². The number of aromatic nitrogens is 2. The summed E-state index contributed by atoms with van der Waals surface area (Å²) in [6.45, 7) is 9.12. The molecule has 1 fully saturated rings. The van der Waals surface area contributed by atoms with Gasteiger partial charge in [0.2, 0.25) is 18.7 Å². The minimum absolute atomic E-state index is 0.188. The monoisotopic (exact) mass is 530 g/mol. The van der Waals surface area contributed by atoms with Crippen molar-refractivity contribution >= 4 is 34.5 Å². The zero-order valence-electron chi connectivity index (χ0n) is 22.1. The molecule has 3 aromatic rings. The minimum Gasteiger partial charge on any atom is -0.463 e. The van der Waals surface area contributed by atoms with Gasteiger partial charge in [0.05, 0.1) is 36.6 Å². The lowest BCUT2D eigenvalue weighted by Gasteiger charge is -2.29. The minimum atomic E-state index is -0.568. The average Bonchev–Trinajstić information content (AvgIpc) is 3.40. The molecular formula is C28H30N6O5. The predicted octanol–water partition coefficient (Wildman–Crippen LogP) is 3.45.